The molecular weight excluding hydrogens is 262 g/mol. The zero-order valence-electron chi connectivity index (χ0n) is 12.4. The molecule has 21 heavy (non-hydrogen) atoms. The third kappa shape index (κ3) is 2.66. The molecule has 1 aliphatic carbocycles. The van der Waals surface area contributed by atoms with Gasteiger partial charge in [0.1, 0.15) is 5.69 Å². The molecule has 1 aromatic carbocycles. The minimum absolute atomic E-state index is 0.165. The average Bonchev–Trinajstić information content (AvgIpc) is 2.48. The maximum absolute atomic E-state index is 12.4. The van der Waals surface area contributed by atoms with Gasteiger partial charge in [-0.15, -0.1) is 0 Å². The van der Waals surface area contributed by atoms with Crippen molar-refractivity contribution in [3.8, 4) is 0 Å². The van der Waals surface area contributed by atoms with Crippen molar-refractivity contribution in [3.63, 3.8) is 0 Å². The van der Waals surface area contributed by atoms with Crippen LogP contribution in [-0.4, -0.2) is 15.9 Å². The van der Waals surface area contributed by atoms with Gasteiger partial charge in [0.15, 0.2) is 0 Å². The molecule has 1 atom stereocenters. The summed E-state index contributed by atoms with van der Waals surface area (Å²) in [7, 11) is 0. The molecule has 3 rings (SSSR count). The first-order valence-electron chi connectivity index (χ1n) is 7.28. The van der Waals surface area contributed by atoms with E-state index in [1.54, 1.807) is 6.20 Å². The second kappa shape index (κ2) is 5.28. The molecule has 1 N–H and O–H groups in total. The van der Waals surface area contributed by atoms with Crippen molar-refractivity contribution in [1.82, 2.24) is 15.3 Å². The second-order valence-electron chi connectivity index (χ2n) is 5.84. The average molecular weight is 281 g/mol. The normalized spacial score (nSPS) is 20.7. The number of carbonyl (C=O) groups excluding carboxylic acids is 1. The van der Waals surface area contributed by atoms with Crippen LogP contribution in [0.25, 0.3) is 0 Å². The summed E-state index contributed by atoms with van der Waals surface area (Å²) in [6, 6.07) is 8.33. The van der Waals surface area contributed by atoms with E-state index in [0.29, 0.717) is 5.69 Å². The van der Waals surface area contributed by atoms with Crippen molar-refractivity contribution in [2.75, 3.05) is 0 Å². The number of carbonyl (C=O) groups is 1. The number of rotatable bonds is 2. The Morgan fingerprint density at radius 2 is 2.05 bits per heavy atom. The Kier molecular flexibility index (Phi) is 3.45. The minimum atomic E-state index is -0.335. The van der Waals surface area contributed by atoms with Crippen LogP contribution in [0.4, 0.5) is 0 Å². The molecule has 0 unspecified atom stereocenters. The van der Waals surface area contributed by atoms with Gasteiger partial charge in [-0.1, -0.05) is 24.3 Å². The first-order valence-corrected chi connectivity index (χ1v) is 7.28. The second-order valence-corrected chi connectivity index (χ2v) is 5.84. The lowest BCUT2D eigenvalue weighted by Gasteiger charge is -2.36. The molecule has 4 heteroatoms. The molecule has 0 saturated heterocycles. The smallest absolute Gasteiger partial charge is 0.272 e. The number of nitrogens with one attached hydrogen (secondary N) is 1. The van der Waals surface area contributed by atoms with Crippen molar-refractivity contribution >= 4 is 5.91 Å². The van der Waals surface area contributed by atoms with Gasteiger partial charge in [-0.05, 0) is 44.2 Å². The van der Waals surface area contributed by atoms with Gasteiger partial charge in [-0.3, -0.25) is 9.78 Å². The van der Waals surface area contributed by atoms with Gasteiger partial charge in [0.25, 0.3) is 5.91 Å². The Morgan fingerprint density at radius 3 is 2.81 bits per heavy atom. The third-order valence-corrected chi connectivity index (χ3v) is 4.14. The van der Waals surface area contributed by atoms with Crippen LogP contribution >= 0.6 is 0 Å². The van der Waals surface area contributed by atoms with Crippen LogP contribution < -0.4 is 5.32 Å². The minimum Gasteiger partial charge on any atom is -0.341 e. The molecule has 0 saturated carbocycles. The van der Waals surface area contributed by atoms with Crippen molar-refractivity contribution in [1.29, 1.82) is 0 Å². The lowest BCUT2D eigenvalue weighted by molar-refractivity contribution is 0.0889. The van der Waals surface area contributed by atoms with E-state index in [1.165, 1.54) is 17.3 Å². The number of benzene rings is 1. The summed E-state index contributed by atoms with van der Waals surface area (Å²) in [5, 5.41) is 3.15. The van der Waals surface area contributed by atoms with Gasteiger partial charge in [-0.2, -0.15) is 0 Å². The molecule has 1 aliphatic rings. The number of hydrogen-bond donors (Lipinski definition) is 1. The fourth-order valence-corrected chi connectivity index (χ4v) is 3.00. The topological polar surface area (TPSA) is 54.9 Å². The van der Waals surface area contributed by atoms with E-state index in [9.17, 15) is 4.79 Å². The summed E-state index contributed by atoms with van der Waals surface area (Å²) >= 11 is 0. The molecule has 1 amide bonds. The van der Waals surface area contributed by atoms with Crippen molar-refractivity contribution in [3.05, 3.63) is 59.2 Å². The Hall–Kier alpha value is -2.23. The quantitative estimate of drug-likeness (QED) is 0.921. The summed E-state index contributed by atoms with van der Waals surface area (Å²) < 4.78 is 0. The summed E-state index contributed by atoms with van der Waals surface area (Å²) in [5.41, 5.74) is 3.37. The van der Waals surface area contributed by atoms with Gasteiger partial charge in [-0.25, -0.2) is 4.98 Å². The Labute approximate surface area is 124 Å². The zero-order chi connectivity index (χ0) is 14.9. The SMILES string of the molecule is Cc1cnc(C(=O)N[C@@]2(C)CCCc3ccccc32)cn1. The highest BCUT2D eigenvalue weighted by Gasteiger charge is 2.33. The standard InChI is InChI=1S/C17H19N3O/c1-12-10-19-15(11-18-12)16(21)20-17(2)9-5-7-13-6-3-4-8-14(13)17/h3-4,6,8,10-11H,5,7,9H2,1-2H3,(H,20,21)/t17-/m0/s1. The number of amides is 1. The van der Waals surface area contributed by atoms with E-state index >= 15 is 0 Å². The lowest BCUT2D eigenvalue weighted by Crippen LogP contribution is -2.45. The fourth-order valence-electron chi connectivity index (χ4n) is 3.00. The molecule has 1 heterocycles. The van der Waals surface area contributed by atoms with Crippen molar-refractivity contribution < 1.29 is 4.79 Å². The van der Waals surface area contributed by atoms with Gasteiger partial charge >= 0.3 is 0 Å². The Morgan fingerprint density at radius 1 is 1.24 bits per heavy atom. The third-order valence-electron chi connectivity index (χ3n) is 4.14. The monoisotopic (exact) mass is 281 g/mol. The first kappa shape index (κ1) is 13.7. The number of fused-ring (bicyclic) bond motifs is 1. The molecule has 0 fully saturated rings. The van der Waals surface area contributed by atoms with Crippen LogP contribution in [-0.2, 0) is 12.0 Å². The maximum Gasteiger partial charge on any atom is 0.272 e. The van der Waals surface area contributed by atoms with E-state index in [1.807, 2.05) is 13.0 Å². The lowest BCUT2D eigenvalue weighted by atomic mass is 9.77. The Bertz CT molecular complexity index is 666. The Balaban J connectivity index is 1.87. The maximum atomic E-state index is 12.4. The summed E-state index contributed by atoms with van der Waals surface area (Å²) in [6.07, 6.45) is 6.24. The highest BCUT2D eigenvalue weighted by atomic mass is 16.2. The number of nitrogens with zero attached hydrogens (tertiary/aromatic N) is 2. The van der Waals surface area contributed by atoms with E-state index < -0.39 is 0 Å². The molecule has 2 aromatic rings. The van der Waals surface area contributed by atoms with E-state index in [2.05, 4.69) is 40.4 Å². The van der Waals surface area contributed by atoms with Crippen LogP contribution in [0.15, 0.2) is 36.7 Å². The highest BCUT2D eigenvalue weighted by molar-refractivity contribution is 5.92. The summed E-state index contributed by atoms with van der Waals surface area (Å²) in [5.74, 6) is -0.165. The molecule has 0 bridgehead atoms. The van der Waals surface area contributed by atoms with Gasteiger partial charge in [0.05, 0.1) is 17.4 Å². The van der Waals surface area contributed by atoms with Crippen LogP contribution in [0.2, 0.25) is 0 Å². The van der Waals surface area contributed by atoms with E-state index in [-0.39, 0.29) is 11.4 Å². The molecule has 0 aliphatic heterocycles. The van der Waals surface area contributed by atoms with Gasteiger partial charge < -0.3 is 5.32 Å². The van der Waals surface area contributed by atoms with Gasteiger partial charge in [0.2, 0.25) is 0 Å². The van der Waals surface area contributed by atoms with E-state index in [0.717, 1.165) is 25.0 Å². The molecule has 108 valence electrons. The van der Waals surface area contributed by atoms with Crippen LogP contribution in [0.5, 0.6) is 0 Å². The molecular formula is C17H19N3O. The largest absolute Gasteiger partial charge is 0.341 e. The predicted molar refractivity (Wildman–Crippen MR) is 81.0 cm³/mol. The molecule has 4 nitrogen and oxygen atoms in total. The van der Waals surface area contributed by atoms with Crippen LogP contribution in [0.1, 0.15) is 47.1 Å². The highest BCUT2D eigenvalue weighted by Crippen LogP contribution is 2.34. The summed E-state index contributed by atoms with van der Waals surface area (Å²) in [6.45, 7) is 3.94. The van der Waals surface area contributed by atoms with Crippen molar-refractivity contribution in [2.24, 2.45) is 0 Å². The molecule has 0 spiro atoms. The predicted octanol–water partition coefficient (Wildman–Crippen LogP) is 2.77. The summed E-state index contributed by atoms with van der Waals surface area (Å²) in [4.78, 5) is 20.7. The molecule has 0 radical (unpaired) electrons. The zero-order valence-corrected chi connectivity index (χ0v) is 12.4. The first-order chi connectivity index (χ1) is 10.1. The number of hydrogen-bond acceptors (Lipinski definition) is 3. The van der Waals surface area contributed by atoms with Crippen molar-refractivity contribution in [2.45, 2.75) is 38.6 Å². The molecule has 1 aromatic heterocycles. The van der Waals surface area contributed by atoms with Gasteiger partial charge in [0, 0.05) is 6.20 Å². The van der Waals surface area contributed by atoms with E-state index in [4.69, 9.17) is 0 Å². The van der Waals surface area contributed by atoms with Crippen LogP contribution in [0.3, 0.4) is 0 Å². The van der Waals surface area contributed by atoms with Crippen LogP contribution in [0, 0.1) is 6.92 Å². The number of aryl methyl sites for hydroxylation is 2. The fraction of sp³-hybridized carbons (Fsp3) is 0.353. The number of aromatic nitrogens is 2.